The van der Waals surface area contributed by atoms with Crippen LogP contribution in [0.25, 0.3) is 21.7 Å². The van der Waals surface area contributed by atoms with Crippen LogP contribution < -0.4 is 15.4 Å². The lowest BCUT2D eigenvalue weighted by molar-refractivity contribution is -0.140. The number of anilines is 1. The van der Waals surface area contributed by atoms with Crippen LogP contribution in [0.3, 0.4) is 0 Å². The molecule has 0 atom stereocenters. The van der Waals surface area contributed by atoms with Gasteiger partial charge in [-0.1, -0.05) is 0 Å². The summed E-state index contributed by atoms with van der Waals surface area (Å²) in [6.07, 6.45) is -1.94. The number of hydrogen-bond donors (Lipinski definition) is 2. The summed E-state index contributed by atoms with van der Waals surface area (Å²) in [4.78, 5) is 42.3. The summed E-state index contributed by atoms with van der Waals surface area (Å²) in [5, 5.41) is 6.10. The molecule has 47 heavy (non-hydrogen) atoms. The molecule has 2 aliphatic heterocycles. The number of esters is 1. The number of nitrogens with one attached hydrogen (secondary N) is 2. The van der Waals surface area contributed by atoms with E-state index in [0.29, 0.717) is 57.2 Å². The highest BCUT2D eigenvalue weighted by molar-refractivity contribution is 7.13. The van der Waals surface area contributed by atoms with Crippen molar-refractivity contribution in [3.63, 3.8) is 0 Å². The zero-order chi connectivity index (χ0) is 33.2. The molecule has 0 unspecified atom stereocenters. The van der Waals surface area contributed by atoms with E-state index in [4.69, 9.17) is 18.9 Å². The molecule has 0 bridgehead atoms. The number of aromatic nitrogens is 3. The molecule has 17 heteroatoms. The maximum atomic E-state index is 13.6. The molecule has 2 saturated heterocycles. The fourth-order valence-electron chi connectivity index (χ4n) is 4.91. The van der Waals surface area contributed by atoms with E-state index in [2.05, 4.69) is 35.4 Å². The summed E-state index contributed by atoms with van der Waals surface area (Å²) < 4.78 is 63.1. The van der Waals surface area contributed by atoms with Crippen LogP contribution in [0.5, 0.6) is 5.88 Å². The van der Waals surface area contributed by atoms with Crippen molar-refractivity contribution in [2.75, 3.05) is 90.8 Å². The molecule has 5 rings (SSSR count). The maximum Gasteiger partial charge on any atom is 0.434 e. The van der Waals surface area contributed by atoms with Crippen LogP contribution in [0.2, 0.25) is 0 Å². The van der Waals surface area contributed by atoms with Crippen LogP contribution in [0.15, 0.2) is 29.9 Å². The number of carbonyl (C=O) groups is 2. The molecular formula is C30H36F3N7O6S. The third-order valence-electron chi connectivity index (χ3n) is 7.38. The Labute approximate surface area is 273 Å². The highest BCUT2D eigenvalue weighted by Gasteiger charge is 2.34. The van der Waals surface area contributed by atoms with Crippen LogP contribution in [0.4, 0.5) is 23.8 Å². The third-order valence-corrected chi connectivity index (χ3v) is 8.25. The van der Waals surface area contributed by atoms with Crippen molar-refractivity contribution in [1.29, 1.82) is 0 Å². The van der Waals surface area contributed by atoms with Gasteiger partial charge in [0.2, 0.25) is 5.88 Å². The Morgan fingerprint density at radius 3 is 2.26 bits per heavy atom. The molecule has 0 aliphatic carbocycles. The lowest BCUT2D eigenvalue weighted by Crippen LogP contribution is -2.38. The predicted molar refractivity (Wildman–Crippen MR) is 167 cm³/mol. The van der Waals surface area contributed by atoms with Gasteiger partial charge in [0.1, 0.15) is 24.0 Å². The van der Waals surface area contributed by atoms with Crippen LogP contribution in [0.1, 0.15) is 23.0 Å². The standard InChI is InChI=1S/C30H36F3N7O6S/c1-2-34-29(42)38-25-16-22(27-37-24(19-47-27)30(31,32)33)23(18-35-25)21-15-20(28(41)46-14-8-40-5-11-44-12-6-40)17-36-26(21)45-13-7-39-3-9-43-10-4-39/h15-19H,2-14H2,1H3,(H2,34,35,38,42). The molecule has 2 aliphatic rings. The number of amides is 2. The van der Waals surface area contributed by atoms with E-state index in [0.717, 1.165) is 42.9 Å². The molecule has 2 N–H and O–H groups in total. The highest BCUT2D eigenvalue weighted by atomic mass is 32.1. The van der Waals surface area contributed by atoms with E-state index in [1.165, 1.54) is 24.5 Å². The molecular weight excluding hydrogens is 643 g/mol. The monoisotopic (exact) mass is 679 g/mol. The van der Waals surface area contributed by atoms with Gasteiger partial charge >= 0.3 is 18.2 Å². The Bertz CT molecular complexity index is 1510. The lowest BCUT2D eigenvalue weighted by Gasteiger charge is -2.26. The van der Waals surface area contributed by atoms with Gasteiger partial charge in [0.05, 0.1) is 32.0 Å². The number of morpholine rings is 2. The maximum absolute atomic E-state index is 13.6. The Morgan fingerprint density at radius 1 is 0.936 bits per heavy atom. The molecule has 3 aromatic rings. The van der Waals surface area contributed by atoms with Gasteiger partial charge in [-0.25, -0.2) is 24.5 Å². The minimum atomic E-state index is -4.66. The van der Waals surface area contributed by atoms with Crippen molar-refractivity contribution < 1.29 is 41.7 Å². The topological polar surface area (TPSA) is 140 Å². The van der Waals surface area contributed by atoms with Crippen molar-refractivity contribution in [3.05, 3.63) is 41.2 Å². The van der Waals surface area contributed by atoms with Crippen molar-refractivity contribution in [1.82, 2.24) is 30.1 Å². The van der Waals surface area contributed by atoms with Crippen molar-refractivity contribution in [2.45, 2.75) is 13.1 Å². The number of nitrogens with zero attached hydrogens (tertiary/aromatic N) is 5. The van der Waals surface area contributed by atoms with Crippen molar-refractivity contribution >= 4 is 29.2 Å². The zero-order valence-corrected chi connectivity index (χ0v) is 26.6. The average Bonchev–Trinajstić information content (AvgIpc) is 3.58. The summed E-state index contributed by atoms with van der Waals surface area (Å²) in [6, 6.07) is 2.41. The number of carbonyl (C=O) groups excluding carboxylic acids is 2. The van der Waals surface area contributed by atoms with E-state index in [-0.39, 0.29) is 41.0 Å². The summed E-state index contributed by atoms with van der Waals surface area (Å²) in [5.41, 5.74) is -0.119. The van der Waals surface area contributed by atoms with Crippen molar-refractivity contribution in [3.8, 4) is 27.6 Å². The number of rotatable bonds is 12. The van der Waals surface area contributed by atoms with Crippen LogP contribution in [0, 0.1) is 0 Å². The summed E-state index contributed by atoms with van der Waals surface area (Å²) >= 11 is 0.782. The van der Waals surface area contributed by atoms with Gasteiger partial charge in [-0.3, -0.25) is 15.1 Å². The quantitative estimate of drug-likeness (QED) is 0.271. The van der Waals surface area contributed by atoms with Gasteiger partial charge < -0.3 is 24.3 Å². The average molecular weight is 680 g/mol. The Kier molecular flexibility index (Phi) is 11.9. The molecule has 0 spiro atoms. The van der Waals surface area contributed by atoms with Gasteiger partial charge in [-0.05, 0) is 19.1 Å². The van der Waals surface area contributed by atoms with Gasteiger partial charge in [0.25, 0.3) is 0 Å². The Morgan fingerprint density at radius 2 is 1.62 bits per heavy atom. The largest absolute Gasteiger partial charge is 0.476 e. The number of hydrogen-bond acceptors (Lipinski definition) is 12. The van der Waals surface area contributed by atoms with Gasteiger partial charge in [0.15, 0.2) is 5.69 Å². The van der Waals surface area contributed by atoms with Gasteiger partial charge in [-0.2, -0.15) is 13.2 Å². The van der Waals surface area contributed by atoms with Gasteiger partial charge in [-0.15, -0.1) is 11.3 Å². The molecule has 0 saturated carbocycles. The number of urea groups is 1. The second-order valence-electron chi connectivity index (χ2n) is 10.6. The highest BCUT2D eigenvalue weighted by Crippen LogP contribution is 2.41. The first kappa shape index (κ1) is 34.4. The third kappa shape index (κ3) is 9.57. The van der Waals surface area contributed by atoms with Crippen LogP contribution in [-0.4, -0.2) is 122 Å². The van der Waals surface area contributed by atoms with Crippen LogP contribution >= 0.6 is 11.3 Å². The minimum absolute atomic E-state index is 0.0198. The number of alkyl halides is 3. The first-order valence-electron chi connectivity index (χ1n) is 15.2. The molecule has 13 nitrogen and oxygen atoms in total. The predicted octanol–water partition coefficient (Wildman–Crippen LogP) is 3.63. The molecule has 3 aromatic heterocycles. The number of ether oxygens (including phenoxy) is 4. The lowest BCUT2D eigenvalue weighted by atomic mass is 10.0. The summed E-state index contributed by atoms with van der Waals surface area (Å²) in [6.45, 7) is 9.06. The van der Waals surface area contributed by atoms with Gasteiger partial charge in [0, 0.05) is 80.3 Å². The second-order valence-corrected chi connectivity index (χ2v) is 11.5. The van der Waals surface area contributed by atoms with E-state index < -0.39 is 23.9 Å². The summed E-state index contributed by atoms with van der Waals surface area (Å²) in [7, 11) is 0. The Hall–Kier alpha value is -3.90. The molecule has 2 amide bonds. The SMILES string of the molecule is CCNC(=O)Nc1cc(-c2nc(C(F)(F)F)cs2)c(-c2cc(C(=O)OCCN3CCOCC3)cnc2OCCN2CCOCC2)cn1. The van der Waals surface area contributed by atoms with E-state index in [9.17, 15) is 22.8 Å². The number of pyridine rings is 2. The number of thiazole rings is 1. The van der Waals surface area contributed by atoms with Crippen LogP contribution in [-0.2, 0) is 20.4 Å². The molecule has 5 heterocycles. The minimum Gasteiger partial charge on any atom is -0.476 e. The Balaban J connectivity index is 1.47. The van der Waals surface area contributed by atoms with Crippen molar-refractivity contribution in [2.24, 2.45) is 0 Å². The normalized spacial score (nSPS) is 16.1. The van der Waals surface area contributed by atoms with E-state index >= 15 is 0 Å². The molecule has 254 valence electrons. The van der Waals surface area contributed by atoms with E-state index in [1.807, 2.05) is 0 Å². The fraction of sp³-hybridized carbons (Fsp3) is 0.500. The molecule has 2 fully saturated rings. The first-order valence-corrected chi connectivity index (χ1v) is 16.1. The second kappa shape index (κ2) is 16.3. The summed E-state index contributed by atoms with van der Waals surface area (Å²) in [5.74, 6) is -0.396. The zero-order valence-electron chi connectivity index (χ0n) is 25.8. The van der Waals surface area contributed by atoms with E-state index in [1.54, 1.807) is 6.92 Å². The molecule has 0 radical (unpaired) electrons. The first-order chi connectivity index (χ1) is 22.7. The molecule has 0 aromatic carbocycles. The fourth-order valence-corrected chi connectivity index (χ4v) is 5.76. The smallest absolute Gasteiger partial charge is 0.434 e. The number of halogens is 3.